The first-order valence-corrected chi connectivity index (χ1v) is 12.3. The third-order valence-corrected chi connectivity index (χ3v) is 6.75. The van der Waals surface area contributed by atoms with E-state index in [1.54, 1.807) is 7.11 Å². The van der Waals surface area contributed by atoms with Gasteiger partial charge in [-0.25, -0.2) is 4.79 Å². The van der Waals surface area contributed by atoms with Gasteiger partial charge in [0.15, 0.2) is 6.21 Å². The fourth-order valence-corrected chi connectivity index (χ4v) is 4.87. The van der Waals surface area contributed by atoms with Crippen LogP contribution in [0.2, 0.25) is 5.02 Å². The molecule has 35 heavy (non-hydrogen) atoms. The maximum atomic E-state index is 13.0. The molecule has 0 unspecified atom stereocenters. The summed E-state index contributed by atoms with van der Waals surface area (Å²) in [6, 6.07) is 13.7. The van der Waals surface area contributed by atoms with Crippen molar-refractivity contribution < 1.29 is 19.0 Å². The molecule has 2 aromatic carbocycles. The quantitative estimate of drug-likeness (QED) is 0.472. The molecule has 2 saturated heterocycles. The summed E-state index contributed by atoms with van der Waals surface area (Å²) in [5, 5.41) is 13.0. The van der Waals surface area contributed by atoms with Crippen molar-refractivity contribution in [2.24, 2.45) is 0 Å². The Hall–Kier alpha value is -3.28. The predicted molar refractivity (Wildman–Crippen MR) is 135 cm³/mol. The summed E-state index contributed by atoms with van der Waals surface area (Å²) in [6.45, 7) is 7.07. The highest BCUT2D eigenvalue weighted by molar-refractivity contribution is 6.33. The highest BCUT2D eigenvalue weighted by Crippen LogP contribution is 2.38. The van der Waals surface area contributed by atoms with E-state index in [4.69, 9.17) is 21.1 Å². The number of methoxy groups -OCH3 is 1. The maximum absolute atomic E-state index is 13.0. The number of carbonyl (C=O) groups is 1. The van der Waals surface area contributed by atoms with Gasteiger partial charge in [0.05, 0.1) is 39.5 Å². The molecule has 2 fully saturated rings. The Morgan fingerprint density at radius 1 is 1.09 bits per heavy atom. The largest absolute Gasteiger partial charge is 0.496 e. The molecule has 184 valence electrons. The smallest absolute Gasteiger partial charge is 0.320 e. The number of hydrazine groups is 1. The van der Waals surface area contributed by atoms with Crippen LogP contribution in [0.15, 0.2) is 36.4 Å². The molecule has 4 rings (SSSR count). The van der Waals surface area contributed by atoms with E-state index in [2.05, 4.69) is 11.1 Å². The highest BCUT2D eigenvalue weighted by Gasteiger charge is 2.31. The van der Waals surface area contributed by atoms with Crippen molar-refractivity contribution in [1.82, 2.24) is 14.8 Å². The average molecular weight is 497 g/mol. The van der Waals surface area contributed by atoms with Crippen LogP contribution in [0.1, 0.15) is 18.9 Å². The number of amides is 2. The SMILES string of the molecule is CC=[N+](c1cc(OC)cc(-c2ccccc2Cl)c1C#N)N1CCCN(C(=O)N2CCOCC2)CC1. The van der Waals surface area contributed by atoms with Crippen LogP contribution in [-0.2, 0) is 4.74 Å². The van der Waals surface area contributed by atoms with Gasteiger partial charge in [0.1, 0.15) is 17.4 Å². The number of hydrogen-bond donors (Lipinski definition) is 0. The van der Waals surface area contributed by atoms with Crippen molar-refractivity contribution in [3.63, 3.8) is 0 Å². The van der Waals surface area contributed by atoms with E-state index in [-0.39, 0.29) is 6.03 Å². The molecule has 0 spiro atoms. The number of benzene rings is 2. The standard InChI is InChI=1S/C26H31ClN5O3/c1-3-32(31-10-6-9-29(11-12-31)26(33)30-13-15-35-16-14-30)25-18-20(34-2)17-22(23(25)19-28)21-7-4-5-8-24(21)27/h3-5,7-8,17-18H,6,9-16H2,1-2H3/q+1. The number of carbonyl (C=O) groups excluding carboxylic acids is 1. The number of ether oxygens (including phenoxy) is 2. The maximum Gasteiger partial charge on any atom is 0.320 e. The molecule has 0 saturated carbocycles. The number of nitriles is 1. The summed E-state index contributed by atoms with van der Waals surface area (Å²) in [5.74, 6) is 0.639. The molecule has 2 aliphatic heterocycles. The lowest BCUT2D eigenvalue weighted by atomic mass is 9.98. The lowest BCUT2D eigenvalue weighted by Gasteiger charge is -2.32. The van der Waals surface area contributed by atoms with Gasteiger partial charge >= 0.3 is 6.03 Å². The van der Waals surface area contributed by atoms with Gasteiger partial charge in [0.2, 0.25) is 0 Å². The number of nitrogens with zero attached hydrogens (tertiary/aromatic N) is 5. The number of urea groups is 1. The molecule has 0 atom stereocenters. The molecule has 0 N–H and O–H groups in total. The summed E-state index contributed by atoms with van der Waals surface area (Å²) < 4.78 is 13.0. The second-order valence-electron chi connectivity index (χ2n) is 8.44. The Balaban J connectivity index is 1.64. The van der Waals surface area contributed by atoms with Crippen molar-refractivity contribution in [2.75, 3.05) is 59.6 Å². The molecule has 0 bridgehead atoms. The van der Waals surface area contributed by atoms with E-state index in [1.807, 2.05) is 64.0 Å². The Bertz CT molecular complexity index is 1140. The number of morpholine rings is 1. The van der Waals surface area contributed by atoms with E-state index < -0.39 is 0 Å². The van der Waals surface area contributed by atoms with Gasteiger partial charge in [-0.2, -0.15) is 10.3 Å². The molecular weight excluding hydrogens is 466 g/mol. The Kier molecular flexibility index (Phi) is 8.11. The van der Waals surface area contributed by atoms with E-state index in [0.717, 1.165) is 29.8 Å². The summed E-state index contributed by atoms with van der Waals surface area (Å²) in [7, 11) is 1.61. The van der Waals surface area contributed by atoms with E-state index in [1.165, 1.54) is 0 Å². The Labute approximate surface area is 211 Å². The summed E-state index contributed by atoms with van der Waals surface area (Å²) in [4.78, 5) is 16.8. The van der Waals surface area contributed by atoms with Crippen LogP contribution in [0.3, 0.4) is 0 Å². The molecular formula is C26H31ClN5O3+. The molecule has 0 aliphatic carbocycles. The Morgan fingerprint density at radius 2 is 1.83 bits per heavy atom. The van der Waals surface area contributed by atoms with Crippen molar-refractivity contribution in [3.8, 4) is 22.9 Å². The lowest BCUT2D eigenvalue weighted by molar-refractivity contribution is -0.619. The van der Waals surface area contributed by atoms with Gasteiger partial charge in [-0.05, 0) is 18.6 Å². The average Bonchev–Trinajstić information content (AvgIpc) is 3.15. The first-order chi connectivity index (χ1) is 17.1. The zero-order valence-corrected chi connectivity index (χ0v) is 21.0. The van der Waals surface area contributed by atoms with Crippen molar-refractivity contribution in [3.05, 3.63) is 47.0 Å². The molecule has 2 aromatic rings. The zero-order valence-electron chi connectivity index (χ0n) is 20.2. The van der Waals surface area contributed by atoms with Crippen molar-refractivity contribution in [2.45, 2.75) is 13.3 Å². The molecule has 9 heteroatoms. The van der Waals surface area contributed by atoms with Gasteiger partial charge in [0.25, 0.3) is 5.69 Å². The first-order valence-electron chi connectivity index (χ1n) is 11.9. The normalized spacial score (nSPS) is 17.1. The first kappa shape index (κ1) is 24.8. The third-order valence-electron chi connectivity index (χ3n) is 6.42. The minimum atomic E-state index is 0.0716. The summed E-state index contributed by atoms with van der Waals surface area (Å²) >= 11 is 6.50. The minimum Gasteiger partial charge on any atom is -0.496 e. The van der Waals surface area contributed by atoms with Crippen molar-refractivity contribution in [1.29, 1.82) is 5.26 Å². The minimum absolute atomic E-state index is 0.0716. The van der Waals surface area contributed by atoms with Crippen molar-refractivity contribution >= 4 is 29.5 Å². The van der Waals surface area contributed by atoms with Crippen LogP contribution in [0.4, 0.5) is 10.5 Å². The Morgan fingerprint density at radius 3 is 2.51 bits per heavy atom. The molecule has 2 aliphatic rings. The number of hydrazone groups is 1. The molecule has 2 heterocycles. The third kappa shape index (κ3) is 5.37. The van der Waals surface area contributed by atoms with E-state index >= 15 is 0 Å². The van der Waals surface area contributed by atoms with Crippen LogP contribution < -0.4 is 4.74 Å². The summed E-state index contributed by atoms with van der Waals surface area (Å²) in [5.41, 5.74) is 2.73. The van der Waals surface area contributed by atoms with E-state index in [0.29, 0.717) is 62.3 Å². The summed E-state index contributed by atoms with van der Waals surface area (Å²) in [6.07, 6.45) is 2.77. The topological polar surface area (TPSA) is 72.1 Å². The van der Waals surface area contributed by atoms with Gasteiger partial charge in [0, 0.05) is 49.3 Å². The van der Waals surface area contributed by atoms with E-state index in [9.17, 15) is 10.1 Å². The molecule has 0 aromatic heterocycles. The van der Waals surface area contributed by atoms with Crippen LogP contribution in [0.5, 0.6) is 5.75 Å². The predicted octanol–water partition coefficient (Wildman–Crippen LogP) is 4.00. The molecule has 2 amide bonds. The number of rotatable bonds is 4. The fourth-order valence-electron chi connectivity index (χ4n) is 4.63. The molecule has 0 radical (unpaired) electrons. The van der Waals surface area contributed by atoms with Crippen LogP contribution in [0, 0.1) is 11.3 Å². The van der Waals surface area contributed by atoms with Gasteiger partial charge in [-0.3, -0.25) is 0 Å². The van der Waals surface area contributed by atoms with Gasteiger partial charge < -0.3 is 19.3 Å². The number of halogens is 1. The highest BCUT2D eigenvalue weighted by atomic mass is 35.5. The second kappa shape index (κ2) is 11.4. The fraction of sp³-hybridized carbons (Fsp3) is 0.423. The zero-order chi connectivity index (χ0) is 24.8. The monoisotopic (exact) mass is 496 g/mol. The number of hydrogen-bond acceptors (Lipinski definition) is 5. The van der Waals surface area contributed by atoms with Crippen LogP contribution >= 0.6 is 11.6 Å². The second-order valence-corrected chi connectivity index (χ2v) is 8.85. The lowest BCUT2D eigenvalue weighted by Crippen LogP contribution is -2.49. The van der Waals surface area contributed by atoms with Crippen LogP contribution in [-0.4, -0.2) is 91.3 Å². The molecule has 8 nitrogen and oxygen atoms in total. The van der Waals surface area contributed by atoms with Gasteiger partial charge in [-0.1, -0.05) is 34.5 Å². The van der Waals surface area contributed by atoms with Gasteiger partial charge in [-0.15, -0.1) is 0 Å². The van der Waals surface area contributed by atoms with Crippen LogP contribution in [0.25, 0.3) is 11.1 Å².